The summed E-state index contributed by atoms with van der Waals surface area (Å²) >= 11 is 3.51. The molecule has 1 aromatic carbocycles. The minimum atomic E-state index is 0.189. The van der Waals surface area contributed by atoms with Gasteiger partial charge in [0.25, 0.3) is 0 Å². The van der Waals surface area contributed by atoms with E-state index in [4.69, 9.17) is 0 Å². The van der Waals surface area contributed by atoms with E-state index in [1.165, 1.54) is 0 Å². The van der Waals surface area contributed by atoms with E-state index in [2.05, 4.69) is 31.5 Å². The van der Waals surface area contributed by atoms with Crippen LogP contribution >= 0.6 is 15.9 Å². The normalized spacial score (nSPS) is 14.2. The van der Waals surface area contributed by atoms with Crippen LogP contribution in [-0.4, -0.2) is 24.0 Å². The molecule has 1 saturated carbocycles. The van der Waals surface area contributed by atoms with Gasteiger partial charge in [0, 0.05) is 40.8 Å². The summed E-state index contributed by atoms with van der Waals surface area (Å²) in [6, 6.07) is 7.97. The number of para-hydroxylation sites is 1. The Kier molecular flexibility index (Phi) is 3.87. The number of halogens is 1. The molecule has 3 rings (SSSR count). The van der Waals surface area contributed by atoms with Crippen LogP contribution in [0.15, 0.2) is 34.9 Å². The number of nitrogens with one attached hydrogen (secondary N) is 2. The Morgan fingerprint density at radius 3 is 2.95 bits per heavy atom. The molecule has 1 aromatic heterocycles. The van der Waals surface area contributed by atoms with Crippen LogP contribution in [0, 0.1) is 5.92 Å². The van der Waals surface area contributed by atoms with Crippen molar-refractivity contribution in [2.45, 2.75) is 12.8 Å². The van der Waals surface area contributed by atoms with Crippen molar-refractivity contribution in [3.63, 3.8) is 0 Å². The number of nitrogens with zero attached hydrogens (tertiary/aromatic N) is 1. The highest BCUT2D eigenvalue weighted by Gasteiger charge is 2.28. The second-order valence-corrected chi connectivity index (χ2v) is 5.84. The fraction of sp³-hybridized carbons (Fsp3) is 0.333. The standard InChI is InChI=1S/C15H16BrN3O/c16-12-3-1-2-11-13(6-7-18-14(11)12)17-8-9-19-15(20)10-4-5-10/h1-3,6-7,10H,4-5,8-9H2,(H,17,18)(H,19,20). The summed E-state index contributed by atoms with van der Waals surface area (Å²) in [4.78, 5) is 15.9. The molecule has 2 aromatic rings. The largest absolute Gasteiger partial charge is 0.383 e. The predicted molar refractivity (Wildman–Crippen MR) is 83.7 cm³/mol. The van der Waals surface area contributed by atoms with Crippen LogP contribution in [-0.2, 0) is 4.79 Å². The fourth-order valence-corrected chi connectivity index (χ4v) is 2.64. The van der Waals surface area contributed by atoms with Crippen LogP contribution in [0.3, 0.4) is 0 Å². The Morgan fingerprint density at radius 2 is 2.15 bits per heavy atom. The molecule has 0 spiro atoms. The van der Waals surface area contributed by atoms with Gasteiger partial charge >= 0.3 is 0 Å². The molecule has 2 N–H and O–H groups in total. The molecular weight excluding hydrogens is 318 g/mol. The maximum Gasteiger partial charge on any atom is 0.223 e. The Morgan fingerprint density at radius 1 is 1.30 bits per heavy atom. The van der Waals surface area contributed by atoms with Crippen LogP contribution in [0.4, 0.5) is 5.69 Å². The molecular formula is C15H16BrN3O. The lowest BCUT2D eigenvalue weighted by Crippen LogP contribution is -2.29. The van der Waals surface area contributed by atoms with Crippen LogP contribution in [0.1, 0.15) is 12.8 Å². The molecule has 4 nitrogen and oxygen atoms in total. The number of carbonyl (C=O) groups excluding carboxylic acids is 1. The molecule has 0 bridgehead atoms. The lowest BCUT2D eigenvalue weighted by Gasteiger charge is -2.10. The second-order valence-electron chi connectivity index (χ2n) is 4.99. The van der Waals surface area contributed by atoms with Crippen LogP contribution in [0.25, 0.3) is 10.9 Å². The molecule has 1 aliphatic rings. The van der Waals surface area contributed by atoms with Gasteiger partial charge in [-0.2, -0.15) is 0 Å². The van der Waals surface area contributed by atoms with Crippen LogP contribution < -0.4 is 10.6 Å². The van der Waals surface area contributed by atoms with Crippen molar-refractivity contribution in [1.29, 1.82) is 0 Å². The first kappa shape index (κ1) is 13.4. The topological polar surface area (TPSA) is 54.0 Å². The van der Waals surface area contributed by atoms with Gasteiger partial charge in [0.1, 0.15) is 0 Å². The van der Waals surface area contributed by atoms with Crippen molar-refractivity contribution in [2.24, 2.45) is 5.92 Å². The number of anilines is 1. The number of hydrogen-bond donors (Lipinski definition) is 2. The second kappa shape index (κ2) is 5.79. The summed E-state index contributed by atoms with van der Waals surface area (Å²) in [5.41, 5.74) is 1.98. The summed E-state index contributed by atoms with van der Waals surface area (Å²) in [5.74, 6) is 0.460. The van der Waals surface area contributed by atoms with Gasteiger partial charge in [0.15, 0.2) is 0 Å². The minimum Gasteiger partial charge on any atom is -0.383 e. The maximum absolute atomic E-state index is 11.5. The average molecular weight is 334 g/mol. The number of aromatic nitrogens is 1. The van der Waals surface area contributed by atoms with Crippen molar-refractivity contribution < 1.29 is 4.79 Å². The number of pyridine rings is 1. The van der Waals surface area contributed by atoms with Gasteiger partial charge in [-0.05, 0) is 40.9 Å². The number of hydrogen-bond acceptors (Lipinski definition) is 3. The fourth-order valence-electron chi connectivity index (χ4n) is 2.17. The zero-order chi connectivity index (χ0) is 13.9. The van der Waals surface area contributed by atoms with E-state index in [-0.39, 0.29) is 11.8 Å². The predicted octanol–water partition coefficient (Wildman–Crippen LogP) is 2.94. The van der Waals surface area contributed by atoms with Gasteiger partial charge in [-0.25, -0.2) is 0 Å². The Labute approximate surface area is 126 Å². The zero-order valence-electron chi connectivity index (χ0n) is 11.0. The van der Waals surface area contributed by atoms with Crippen molar-refractivity contribution in [1.82, 2.24) is 10.3 Å². The van der Waals surface area contributed by atoms with Crippen LogP contribution in [0.2, 0.25) is 0 Å². The highest BCUT2D eigenvalue weighted by molar-refractivity contribution is 9.10. The third-order valence-corrected chi connectivity index (χ3v) is 4.05. The van der Waals surface area contributed by atoms with E-state index < -0.39 is 0 Å². The number of benzene rings is 1. The Hall–Kier alpha value is -1.62. The molecule has 5 heteroatoms. The number of amides is 1. The maximum atomic E-state index is 11.5. The molecule has 20 heavy (non-hydrogen) atoms. The third kappa shape index (κ3) is 2.93. The van der Waals surface area contributed by atoms with E-state index in [0.29, 0.717) is 13.1 Å². The van der Waals surface area contributed by atoms with Gasteiger partial charge in [0.2, 0.25) is 5.91 Å². The highest BCUT2D eigenvalue weighted by atomic mass is 79.9. The number of carbonyl (C=O) groups is 1. The first-order chi connectivity index (χ1) is 9.75. The zero-order valence-corrected chi connectivity index (χ0v) is 12.6. The summed E-state index contributed by atoms with van der Waals surface area (Å²) in [6.45, 7) is 1.36. The van der Waals surface area contributed by atoms with E-state index >= 15 is 0 Å². The van der Waals surface area contributed by atoms with Gasteiger partial charge < -0.3 is 10.6 Å². The molecule has 0 unspecified atom stereocenters. The first-order valence-corrected chi connectivity index (χ1v) is 7.60. The summed E-state index contributed by atoms with van der Waals surface area (Å²) in [5, 5.41) is 7.38. The molecule has 1 heterocycles. The SMILES string of the molecule is O=C(NCCNc1ccnc2c(Br)cccc12)C1CC1. The van der Waals surface area contributed by atoms with Crippen molar-refractivity contribution in [3.05, 3.63) is 34.9 Å². The molecule has 104 valence electrons. The quantitative estimate of drug-likeness (QED) is 0.827. The first-order valence-electron chi connectivity index (χ1n) is 6.80. The van der Waals surface area contributed by atoms with Gasteiger partial charge in [0.05, 0.1) is 5.52 Å². The molecule has 1 amide bonds. The number of rotatable bonds is 5. The Balaban J connectivity index is 1.62. The minimum absolute atomic E-state index is 0.189. The highest BCUT2D eigenvalue weighted by Crippen LogP contribution is 2.29. The Bertz CT molecular complexity index is 640. The van der Waals surface area contributed by atoms with Crippen LogP contribution in [0.5, 0.6) is 0 Å². The lowest BCUT2D eigenvalue weighted by molar-refractivity contribution is -0.122. The van der Waals surface area contributed by atoms with E-state index in [1.807, 2.05) is 24.3 Å². The van der Waals surface area contributed by atoms with Crippen molar-refractivity contribution >= 4 is 38.4 Å². The summed E-state index contributed by atoms with van der Waals surface area (Å²) in [7, 11) is 0. The molecule has 1 aliphatic carbocycles. The van der Waals surface area contributed by atoms with Crippen molar-refractivity contribution in [3.8, 4) is 0 Å². The van der Waals surface area contributed by atoms with Gasteiger partial charge in [-0.15, -0.1) is 0 Å². The summed E-state index contributed by atoms with van der Waals surface area (Å²) < 4.78 is 0.987. The van der Waals surface area contributed by atoms with Gasteiger partial charge in [-0.3, -0.25) is 9.78 Å². The third-order valence-electron chi connectivity index (χ3n) is 3.41. The smallest absolute Gasteiger partial charge is 0.223 e. The molecule has 0 radical (unpaired) electrons. The molecule has 0 atom stereocenters. The van der Waals surface area contributed by atoms with E-state index in [1.54, 1.807) is 6.20 Å². The van der Waals surface area contributed by atoms with E-state index in [9.17, 15) is 4.79 Å². The molecule has 0 aliphatic heterocycles. The van der Waals surface area contributed by atoms with Crippen molar-refractivity contribution in [2.75, 3.05) is 18.4 Å². The monoisotopic (exact) mass is 333 g/mol. The van der Waals surface area contributed by atoms with E-state index in [0.717, 1.165) is 33.9 Å². The molecule has 0 saturated heterocycles. The lowest BCUT2D eigenvalue weighted by atomic mass is 10.2. The molecule has 1 fully saturated rings. The van der Waals surface area contributed by atoms with Gasteiger partial charge in [-0.1, -0.05) is 12.1 Å². The average Bonchev–Trinajstić information content (AvgIpc) is 3.29. The number of fused-ring (bicyclic) bond motifs is 1. The summed E-state index contributed by atoms with van der Waals surface area (Å²) in [6.07, 6.45) is 3.88.